The summed E-state index contributed by atoms with van der Waals surface area (Å²) in [5, 5.41) is 3.99. The molecule has 0 saturated carbocycles. The largest absolute Gasteiger partial charge is 0.466 e. The Bertz CT molecular complexity index is 339. The SMILES string of the molecule is COC(=O)C=C(C)c1cnn(C)c1. The molecule has 0 unspecified atom stereocenters. The highest BCUT2D eigenvalue weighted by atomic mass is 16.5. The first-order valence-corrected chi connectivity index (χ1v) is 3.88. The molecule has 13 heavy (non-hydrogen) atoms. The first-order chi connectivity index (χ1) is 6.13. The van der Waals surface area contributed by atoms with Crippen molar-refractivity contribution in [2.45, 2.75) is 6.92 Å². The van der Waals surface area contributed by atoms with Crippen LogP contribution in [0.2, 0.25) is 0 Å². The molecule has 0 amide bonds. The van der Waals surface area contributed by atoms with Gasteiger partial charge in [-0.3, -0.25) is 4.68 Å². The summed E-state index contributed by atoms with van der Waals surface area (Å²) >= 11 is 0. The fourth-order valence-corrected chi connectivity index (χ4v) is 0.944. The molecule has 4 nitrogen and oxygen atoms in total. The number of ether oxygens (including phenoxy) is 1. The van der Waals surface area contributed by atoms with Crippen LogP contribution in [-0.4, -0.2) is 22.9 Å². The van der Waals surface area contributed by atoms with E-state index in [0.717, 1.165) is 11.1 Å². The van der Waals surface area contributed by atoms with Crippen LogP contribution in [0.15, 0.2) is 18.5 Å². The second kappa shape index (κ2) is 3.89. The second-order valence-corrected chi connectivity index (χ2v) is 2.75. The highest BCUT2D eigenvalue weighted by Gasteiger charge is 2.01. The number of aromatic nitrogens is 2. The summed E-state index contributed by atoms with van der Waals surface area (Å²) in [6.07, 6.45) is 4.99. The highest BCUT2D eigenvalue weighted by molar-refractivity contribution is 5.90. The van der Waals surface area contributed by atoms with Crippen LogP contribution < -0.4 is 0 Å². The third kappa shape index (κ3) is 2.43. The first kappa shape index (κ1) is 9.51. The summed E-state index contributed by atoms with van der Waals surface area (Å²) in [6, 6.07) is 0. The number of nitrogens with zero attached hydrogens (tertiary/aromatic N) is 2. The Hall–Kier alpha value is -1.58. The molecule has 70 valence electrons. The Kier molecular flexibility index (Phi) is 2.84. The predicted octanol–water partition coefficient (Wildman–Crippen LogP) is 0.996. The molecule has 0 aliphatic carbocycles. The predicted molar refractivity (Wildman–Crippen MR) is 48.9 cm³/mol. The Labute approximate surface area is 76.8 Å². The van der Waals surface area contributed by atoms with Gasteiger partial charge in [0.25, 0.3) is 0 Å². The summed E-state index contributed by atoms with van der Waals surface area (Å²) in [5.74, 6) is -0.346. The maximum atomic E-state index is 10.9. The van der Waals surface area contributed by atoms with Gasteiger partial charge in [0.1, 0.15) is 0 Å². The summed E-state index contributed by atoms with van der Waals surface area (Å²) < 4.78 is 6.19. The van der Waals surface area contributed by atoms with Crippen LogP contribution in [0.3, 0.4) is 0 Å². The average Bonchev–Trinajstić information content (AvgIpc) is 2.51. The van der Waals surface area contributed by atoms with Gasteiger partial charge in [0.2, 0.25) is 0 Å². The molecule has 4 heteroatoms. The molecule has 0 N–H and O–H groups in total. The monoisotopic (exact) mass is 180 g/mol. The molecular weight excluding hydrogens is 168 g/mol. The van der Waals surface area contributed by atoms with Crippen molar-refractivity contribution in [2.24, 2.45) is 7.05 Å². The van der Waals surface area contributed by atoms with Gasteiger partial charge in [0, 0.05) is 24.9 Å². The number of carbonyl (C=O) groups is 1. The van der Waals surface area contributed by atoms with Gasteiger partial charge in [-0.25, -0.2) is 4.79 Å². The molecular formula is C9H12N2O2. The Morgan fingerprint density at radius 2 is 2.38 bits per heavy atom. The number of rotatable bonds is 2. The van der Waals surface area contributed by atoms with E-state index in [4.69, 9.17) is 0 Å². The van der Waals surface area contributed by atoms with E-state index in [1.165, 1.54) is 13.2 Å². The molecule has 0 radical (unpaired) electrons. The van der Waals surface area contributed by atoms with E-state index < -0.39 is 0 Å². The minimum Gasteiger partial charge on any atom is -0.466 e. The molecule has 1 heterocycles. The van der Waals surface area contributed by atoms with Crippen molar-refractivity contribution in [3.8, 4) is 0 Å². The second-order valence-electron chi connectivity index (χ2n) is 2.75. The van der Waals surface area contributed by atoms with E-state index in [1.54, 1.807) is 10.9 Å². The van der Waals surface area contributed by atoms with E-state index in [1.807, 2.05) is 20.2 Å². The summed E-state index contributed by atoms with van der Waals surface area (Å²) in [6.45, 7) is 1.84. The average molecular weight is 180 g/mol. The van der Waals surface area contributed by atoms with Crippen molar-refractivity contribution in [1.29, 1.82) is 0 Å². The number of hydrogen-bond acceptors (Lipinski definition) is 3. The Morgan fingerprint density at radius 3 is 2.85 bits per heavy atom. The molecule has 0 saturated heterocycles. The van der Waals surface area contributed by atoms with Gasteiger partial charge in [0.05, 0.1) is 13.3 Å². The van der Waals surface area contributed by atoms with Gasteiger partial charge >= 0.3 is 5.97 Å². The topological polar surface area (TPSA) is 44.1 Å². The van der Waals surface area contributed by atoms with Gasteiger partial charge in [-0.2, -0.15) is 5.10 Å². The number of methoxy groups -OCH3 is 1. The zero-order valence-electron chi connectivity index (χ0n) is 7.94. The van der Waals surface area contributed by atoms with Crippen molar-refractivity contribution in [1.82, 2.24) is 9.78 Å². The fourth-order valence-electron chi connectivity index (χ4n) is 0.944. The van der Waals surface area contributed by atoms with Crippen LogP contribution in [0.5, 0.6) is 0 Å². The van der Waals surface area contributed by atoms with Crippen LogP contribution in [-0.2, 0) is 16.6 Å². The third-order valence-corrected chi connectivity index (χ3v) is 1.70. The van der Waals surface area contributed by atoms with Crippen molar-refractivity contribution < 1.29 is 9.53 Å². The normalized spacial score (nSPS) is 11.5. The van der Waals surface area contributed by atoms with Crippen LogP contribution in [0.25, 0.3) is 5.57 Å². The van der Waals surface area contributed by atoms with Crippen molar-refractivity contribution in [2.75, 3.05) is 7.11 Å². The number of carbonyl (C=O) groups excluding carboxylic acids is 1. The summed E-state index contributed by atoms with van der Waals surface area (Å²) in [4.78, 5) is 10.9. The standard InChI is InChI=1S/C9H12N2O2/c1-7(4-9(12)13-3)8-5-10-11(2)6-8/h4-6H,1-3H3. The molecule has 0 aromatic carbocycles. The number of hydrogen-bond donors (Lipinski definition) is 0. The zero-order valence-corrected chi connectivity index (χ0v) is 7.94. The molecule has 0 bridgehead atoms. The lowest BCUT2D eigenvalue weighted by Gasteiger charge is -1.95. The van der Waals surface area contributed by atoms with E-state index in [9.17, 15) is 4.79 Å². The molecule has 0 fully saturated rings. The van der Waals surface area contributed by atoms with Crippen molar-refractivity contribution in [3.63, 3.8) is 0 Å². The molecule has 1 rings (SSSR count). The van der Waals surface area contributed by atoms with Crippen molar-refractivity contribution in [3.05, 3.63) is 24.0 Å². The van der Waals surface area contributed by atoms with Gasteiger partial charge < -0.3 is 4.74 Å². The van der Waals surface area contributed by atoms with E-state index in [-0.39, 0.29) is 5.97 Å². The van der Waals surface area contributed by atoms with E-state index in [2.05, 4.69) is 9.84 Å². The maximum absolute atomic E-state index is 10.9. The molecule has 0 spiro atoms. The van der Waals surface area contributed by atoms with E-state index >= 15 is 0 Å². The third-order valence-electron chi connectivity index (χ3n) is 1.70. The Morgan fingerprint density at radius 1 is 1.69 bits per heavy atom. The minimum absolute atomic E-state index is 0.346. The summed E-state index contributed by atoms with van der Waals surface area (Å²) in [5.41, 5.74) is 1.77. The fraction of sp³-hybridized carbons (Fsp3) is 0.333. The van der Waals surface area contributed by atoms with Crippen LogP contribution >= 0.6 is 0 Å². The van der Waals surface area contributed by atoms with Gasteiger partial charge in [-0.15, -0.1) is 0 Å². The number of esters is 1. The first-order valence-electron chi connectivity index (χ1n) is 3.88. The van der Waals surface area contributed by atoms with Crippen LogP contribution in [0, 0.1) is 0 Å². The number of allylic oxidation sites excluding steroid dienone is 1. The summed E-state index contributed by atoms with van der Waals surface area (Å²) in [7, 11) is 3.18. The highest BCUT2D eigenvalue weighted by Crippen LogP contribution is 2.11. The molecule has 0 aliphatic rings. The van der Waals surface area contributed by atoms with Gasteiger partial charge in [-0.1, -0.05) is 0 Å². The van der Waals surface area contributed by atoms with Gasteiger partial charge in [-0.05, 0) is 12.5 Å². The Balaban J connectivity index is 2.84. The van der Waals surface area contributed by atoms with E-state index in [0.29, 0.717) is 0 Å². The molecule has 1 aromatic heterocycles. The molecule has 0 aliphatic heterocycles. The lowest BCUT2D eigenvalue weighted by atomic mass is 10.1. The van der Waals surface area contributed by atoms with Crippen LogP contribution in [0.4, 0.5) is 0 Å². The smallest absolute Gasteiger partial charge is 0.330 e. The molecule has 1 aromatic rings. The number of aryl methyl sites for hydroxylation is 1. The lowest BCUT2D eigenvalue weighted by Crippen LogP contribution is -1.95. The van der Waals surface area contributed by atoms with Crippen LogP contribution in [0.1, 0.15) is 12.5 Å². The minimum atomic E-state index is -0.346. The lowest BCUT2D eigenvalue weighted by molar-refractivity contribution is -0.134. The van der Waals surface area contributed by atoms with Crippen molar-refractivity contribution >= 4 is 11.5 Å². The maximum Gasteiger partial charge on any atom is 0.330 e. The quantitative estimate of drug-likeness (QED) is 0.503. The molecule has 0 atom stereocenters. The zero-order chi connectivity index (χ0) is 9.84. The van der Waals surface area contributed by atoms with Gasteiger partial charge in [0.15, 0.2) is 0 Å².